The van der Waals surface area contributed by atoms with E-state index in [1.54, 1.807) is 0 Å². The largest absolute Gasteiger partial charge is 0.310 e. The zero-order valence-corrected chi connectivity index (χ0v) is 32.5. The molecule has 2 heteroatoms. The van der Waals surface area contributed by atoms with Crippen molar-refractivity contribution in [1.29, 1.82) is 0 Å². The lowest BCUT2D eigenvalue weighted by molar-refractivity contribution is 1.25. The molecule has 0 unspecified atom stereocenters. The Morgan fingerprint density at radius 2 is 0.536 bits per heavy atom. The highest BCUT2D eigenvalue weighted by Gasteiger charge is 2.15. The first kappa shape index (κ1) is 36.1. The molecular weight excluding hydrogens is 677 g/mol. The first-order valence-electron chi connectivity index (χ1n) is 19.3. The van der Waals surface area contributed by atoms with E-state index in [-0.39, 0.29) is 0 Å². The minimum absolute atomic E-state index is 1.13. The Bertz CT molecular complexity index is 2340. The molecule has 0 aliphatic heterocycles. The number of rotatable bonds is 10. The molecule has 0 atom stereocenters. The summed E-state index contributed by atoms with van der Waals surface area (Å²) in [6, 6.07) is 70.0. The van der Waals surface area contributed by atoms with Crippen molar-refractivity contribution in [1.82, 2.24) is 0 Å². The van der Waals surface area contributed by atoms with Gasteiger partial charge in [0.15, 0.2) is 0 Å². The third-order valence-corrected chi connectivity index (χ3v) is 10.2. The van der Waals surface area contributed by atoms with Gasteiger partial charge in [-0.2, -0.15) is 0 Å². The van der Waals surface area contributed by atoms with Crippen LogP contribution in [0.1, 0.15) is 33.4 Å². The zero-order valence-electron chi connectivity index (χ0n) is 32.5. The molecule has 0 N–H and O–H groups in total. The van der Waals surface area contributed by atoms with Crippen molar-refractivity contribution >= 4 is 46.3 Å². The first-order chi connectivity index (χ1) is 27.4. The molecule has 0 amide bonds. The summed E-state index contributed by atoms with van der Waals surface area (Å²) in [5, 5.41) is 0. The third kappa shape index (κ3) is 8.26. The van der Waals surface area contributed by atoms with Crippen LogP contribution in [0.25, 0.3) is 34.4 Å². The minimum Gasteiger partial charge on any atom is -0.310 e. The maximum absolute atomic E-state index is 2.33. The molecule has 8 aromatic rings. The summed E-state index contributed by atoms with van der Waals surface area (Å²) in [6.07, 6.45) is 4.37. The van der Waals surface area contributed by atoms with Crippen LogP contribution in [0.15, 0.2) is 194 Å². The molecule has 0 aliphatic rings. The van der Waals surface area contributed by atoms with E-state index in [9.17, 15) is 0 Å². The normalized spacial score (nSPS) is 11.1. The fraction of sp³-hybridized carbons (Fsp3) is 0.0741. The van der Waals surface area contributed by atoms with Crippen LogP contribution in [0.2, 0.25) is 0 Å². The molecule has 0 spiro atoms. The monoisotopic (exact) mass is 722 g/mol. The Kier molecular flexibility index (Phi) is 10.5. The van der Waals surface area contributed by atoms with Crippen LogP contribution in [0, 0.1) is 27.7 Å². The molecule has 8 rings (SSSR count). The topological polar surface area (TPSA) is 6.48 Å². The van der Waals surface area contributed by atoms with Gasteiger partial charge in [-0.05, 0) is 156 Å². The van der Waals surface area contributed by atoms with E-state index in [0.29, 0.717) is 0 Å². The fourth-order valence-corrected chi connectivity index (χ4v) is 7.58. The van der Waals surface area contributed by atoms with Gasteiger partial charge in [-0.15, -0.1) is 0 Å². The smallest absolute Gasteiger partial charge is 0.0466 e. The van der Waals surface area contributed by atoms with E-state index >= 15 is 0 Å². The molecule has 56 heavy (non-hydrogen) atoms. The van der Waals surface area contributed by atoms with E-state index < -0.39 is 0 Å². The van der Waals surface area contributed by atoms with Crippen LogP contribution in [0.4, 0.5) is 34.1 Å². The number of hydrogen-bond acceptors (Lipinski definition) is 2. The summed E-state index contributed by atoms with van der Waals surface area (Å²) >= 11 is 0. The standard InChI is InChI=1S/C54H46N2/c1-39-33-40(2)36-53(35-39)55(49-11-7-5-8-12-49)51-29-25-47(26-30-51)45-21-17-43(18-22-45)15-16-44-19-23-46(24-20-44)48-27-31-52(32-28-48)56(50-13-9-6-10-14-50)54-37-41(3)34-42(4)38-54/h5-38H,1-4H3/b16-15+. The summed E-state index contributed by atoms with van der Waals surface area (Å²) in [7, 11) is 0. The number of benzene rings is 8. The molecule has 272 valence electrons. The molecule has 0 aliphatic carbocycles. The van der Waals surface area contributed by atoms with Crippen LogP contribution >= 0.6 is 0 Å². The van der Waals surface area contributed by atoms with Gasteiger partial charge in [0.05, 0.1) is 0 Å². The van der Waals surface area contributed by atoms with Crippen molar-refractivity contribution in [2.75, 3.05) is 9.80 Å². The summed E-state index contributed by atoms with van der Waals surface area (Å²) in [5.74, 6) is 0. The molecule has 0 fully saturated rings. The van der Waals surface area contributed by atoms with Crippen molar-refractivity contribution in [2.45, 2.75) is 27.7 Å². The van der Waals surface area contributed by atoms with Gasteiger partial charge < -0.3 is 9.80 Å². The highest BCUT2D eigenvalue weighted by Crippen LogP contribution is 2.38. The Hall–Kier alpha value is -6.90. The Labute approximate surface area is 332 Å². The lowest BCUT2D eigenvalue weighted by Gasteiger charge is -2.26. The van der Waals surface area contributed by atoms with Gasteiger partial charge >= 0.3 is 0 Å². The number of hydrogen-bond donors (Lipinski definition) is 0. The quantitative estimate of drug-likeness (QED) is 0.130. The molecule has 0 saturated heterocycles. The molecule has 0 saturated carbocycles. The van der Waals surface area contributed by atoms with Crippen LogP contribution in [0.5, 0.6) is 0 Å². The van der Waals surface area contributed by atoms with Gasteiger partial charge in [-0.3, -0.25) is 0 Å². The first-order valence-corrected chi connectivity index (χ1v) is 19.3. The molecule has 0 heterocycles. The van der Waals surface area contributed by atoms with Gasteiger partial charge in [0.25, 0.3) is 0 Å². The Morgan fingerprint density at radius 1 is 0.268 bits per heavy atom. The average Bonchev–Trinajstić information content (AvgIpc) is 3.21. The van der Waals surface area contributed by atoms with Crippen molar-refractivity contribution in [3.63, 3.8) is 0 Å². The highest BCUT2D eigenvalue weighted by atomic mass is 15.1. The molecular formula is C54H46N2. The van der Waals surface area contributed by atoms with Crippen LogP contribution < -0.4 is 9.80 Å². The molecule has 2 nitrogen and oxygen atoms in total. The highest BCUT2D eigenvalue weighted by molar-refractivity contribution is 5.81. The van der Waals surface area contributed by atoms with Crippen molar-refractivity contribution in [3.8, 4) is 22.3 Å². The van der Waals surface area contributed by atoms with E-state index in [2.05, 4.69) is 244 Å². The van der Waals surface area contributed by atoms with E-state index in [1.807, 2.05) is 0 Å². The molecule has 8 aromatic carbocycles. The van der Waals surface area contributed by atoms with Gasteiger partial charge in [0.1, 0.15) is 0 Å². The van der Waals surface area contributed by atoms with Crippen molar-refractivity contribution in [2.24, 2.45) is 0 Å². The van der Waals surface area contributed by atoms with Gasteiger partial charge in [0.2, 0.25) is 0 Å². The number of aryl methyl sites for hydroxylation is 4. The predicted molar refractivity (Wildman–Crippen MR) is 241 cm³/mol. The van der Waals surface area contributed by atoms with E-state index in [4.69, 9.17) is 0 Å². The van der Waals surface area contributed by atoms with Crippen LogP contribution in [-0.4, -0.2) is 0 Å². The number of nitrogens with zero attached hydrogens (tertiary/aromatic N) is 2. The Balaban J connectivity index is 0.950. The minimum atomic E-state index is 1.13. The lowest BCUT2D eigenvalue weighted by atomic mass is 10.0. The van der Waals surface area contributed by atoms with E-state index in [1.165, 1.54) is 67.0 Å². The van der Waals surface area contributed by atoms with Gasteiger partial charge in [-0.25, -0.2) is 0 Å². The maximum atomic E-state index is 2.33. The second kappa shape index (κ2) is 16.2. The zero-order chi connectivity index (χ0) is 38.4. The SMILES string of the molecule is Cc1cc(C)cc(N(c2ccccc2)c2ccc(-c3ccc(/C=C/c4ccc(-c5ccc(N(c6ccccc6)c6cc(C)cc(C)c6)cc5)cc4)cc3)cc2)c1. The summed E-state index contributed by atoms with van der Waals surface area (Å²) in [5.41, 5.74) is 19.0. The molecule has 0 aromatic heterocycles. The summed E-state index contributed by atoms with van der Waals surface area (Å²) in [6.45, 7) is 8.63. The summed E-state index contributed by atoms with van der Waals surface area (Å²) < 4.78 is 0. The third-order valence-electron chi connectivity index (χ3n) is 10.2. The lowest BCUT2D eigenvalue weighted by Crippen LogP contribution is -2.10. The van der Waals surface area contributed by atoms with Crippen LogP contribution in [0.3, 0.4) is 0 Å². The number of anilines is 6. The second-order valence-electron chi connectivity index (χ2n) is 14.7. The van der Waals surface area contributed by atoms with E-state index in [0.717, 1.165) is 22.7 Å². The molecule has 0 radical (unpaired) electrons. The predicted octanol–water partition coefficient (Wildman–Crippen LogP) is 15.4. The van der Waals surface area contributed by atoms with Gasteiger partial charge in [-0.1, -0.05) is 133 Å². The van der Waals surface area contributed by atoms with Gasteiger partial charge in [0, 0.05) is 34.1 Å². The van der Waals surface area contributed by atoms with Crippen LogP contribution in [-0.2, 0) is 0 Å². The average molecular weight is 723 g/mol. The van der Waals surface area contributed by atoms with Crippen molar-refractivity contribution < 1.29 is 0 Å². The number of para-hydroxylation sites is 2. The maximum Gasteiger partial charge on any atom is 0.0466 e. The Morgan fingerprint density at radius 3 is 0.839 bits per heavy atom. The second-order valence-corrected chi connectivity index (χ2v) is 14.7. The van der Waals surface area contributed by atoms with Crippen molar-refractivity contribution in [3.05, 3.63) is 228 Å². The molecule has 0 bridgehead atoms. The fourth-order valence-electron chi connectivity index (χ4n) is 7.58. The summed E-state index contributed by atoms with van der Waals surface area (Å²) in [4.78, 5) is 4.65.